The van der Waals surface area contributed by atoms with E-state index in [1.807, 2.05) is 49.5 Å². The molecule has 0 bridgehead atoms. The first-order valence-electron chi connectivity index (χ1n) is 11.4. The fourth-order valence-corrected chi connectivity index (χ4v) is 4.41. The molecule has 33 heavy (non-hydrogen) atoms. The summed E-state index contributed by atoms with van der Waals surface area (Å²) < 4.78 is 16.2. The highest BCUT2D eigenvalue weighted by Gasteiger charge is 2.42. The number of ether oxygens (including phenoxy) is 3. The zero-order chi connectivity index (χ0) is 24.0. The van der Waals surface area contributed by atoms with E-state index >= 15 is 0 Å². The first-order chi connectivity index (χ1) is 15.9. The van der Waals surface area contributed by atoms with Gasteiger partial charge in [0.2, 0.25) is 11.8 Å². The van der Waals surface area contributed by atoms with E-state index in [1.54, 1.807) is 31.1 Å². The van der Waals surface area contributed by atoms with Crippen molar-refractivity contribution in [2.75, 3.05) is 39.8 Å². The number of hydrogen-bond donors (Lipinski definition) is 0. The van der Waals surface area contributed by atoms with Gasteiger partial charge in [0.25, 0.3) is 0 Å². The molecule has 2 atom stereocenters. The largest absolute Gasteiger partial charge is 0.497 e. The van der Waals surface area contributed by atoms with Crippen LogP contribution in [-0.4, -0.2) is 51.6 Å². The summed E-state index contributed by atoms with van der Waals surface area (Å²) >= 11 is 0. The Labute approximate surface area is 196 Å². The molecule has 178 valence electrons. The number of amides is 2. The molecule has 2 amide bonds. The molecule has 1 aliphatic rings. The van der Waals surface area contributed by atoms with E-state index in [9.17, 15) is 9.59 Å². The van der Waals surface area contributed by atoms with Crippen molar-refractivity contribution < 1.29 is 23.8 Å². The summed E-state index contributed by atoms with van der Waals surface area (Å²) in [5.74, 6) is 1.53. The van der Waals surface area contributed by atoms with Crippen LogP contribution < -0.4 is 19.1 Å². The smallest absolute Gasteiger partial charge is 0.227 e. The zero-order valence-corrected chi connectivity index (χ0v) is 20.2. The third-order valence-electron chi connectivity index (χ3n) is 6.24. The lowest BCUT2D eigenvalue weighted by molar-refractivity contribution is -0.137. The SMILES string of the molecule is CCCCN(C)C(=O)C1CCC(=O)N(c2ccc(OC)cc2)C1c1ccc(OC)c(OC)c1. The number of methoxy groups -OCH3 is 3. The second-order valence-corrected chi connectivity index (χ2v) is 8.28. The van der Waals surface area contributed by atoms with Crippen LogP contribution in [0.4, 0.5) is 5.69 Å². The summed E-state index contributed by atoms with van der Waals surface area (Å²) in [7, 11) is 6.61. The number of anilines is 1. The Morgan fingerprint density at radius 3 is 2.33 bits per heavy atom. The Morgan fingerprint density at radius 2 is 1.73 bits per heavy atom. The van der Waals surface area contributed by atoms with Crippen molar-refractivity contribution in [3.63, 3.8) is 0 Å². The highest BCUT2D eigenvalue weighted by Crippen LogP contribution is 2.43. The van der Waals surface area contributed by atoms with Gasteiger partial charge in [-0.25, -0.2) is 0 Å². The lowest BCUT2D eigenvalue weighted by Crippen LogP contribution is -2.48. The molecule has 1 aliphatic heterocycles. The van der Waals surface area contributed by atoms with Gasteiger partial charge in [-0.05, 0) is 54.8 Å². The Kier molecular flexibility index (Phi) is 8.20. The van der Waals surface area contributed by atoms with Crippen LogP contribution in [0.3, 0.4) is 0 Å². The number of nitrogens with zero attached hydrogens (tertiary/aromatic N) is 2. The van der Waals surface area contributed by atoms with Gasteiger partial charge >= 0.3 is 0 Å². The quantitative estimate of drug-likeness (QED) is 0.560. The first kappa shape index (κ1) is 24.4. The first-order valence-corrected chi connectivity index (χ1v) is 11.4. The molecule has 2 aromatic rings. The summed E-state index contributed by atoms with van der Waals surface area (Å²) in [6.45, 7) is 2.80. The summed E-state index contributed by atoms with van der Waals surface area (Å²) in [5, 5.41) is 0. The fraction of sp³-hybridized carbons (Fsp3) is 0.462. The molecule has 3 rings (SSSR count). The Morgan fingerprint density at radius 1 is 1.03 bits per heavy atom. The van der Waals surface area contributed by atoms with Crippen molar-refractivity contribution in [3.05, 3.63) is 48.0 Å². The minimum Gasteiger partial charge on any atom is -0.497 e. The van der Waals surface area contributed by atoms with Crippen molar-refractivity contribution in [1.29, 1.82) is 0 Å². The maximum absolute atomic E-state index is 13.6. The Bertz CT molecular complexity index is 960. The third kappa shape index (κ3) is 5.24. The van der Waals surface area contributed by atoms with Gasteiger partial charge < -0.3 is 24.0 Å². The standard InChI is InChI=1S/C26H34N2O5/c1-6-7-16-27(2)26(30)21-13-15-24(29)28(19-9-11-20(31-3)12-10-19)25(21)18-8-14-22(32-4)23(17-18)33-5/h8-12,14,17,21,25H,6-7,13,15-16H2,1-5H3. The van der Waals surface area contributed by atoms with E-state index in [2.05, 4.69) is 6.92 Å². The highest BCUT2D eigenvalue weighted by atomic mass is 16.5. The van der Waals surface area contributed by atoms with Gasteiger partial charge in [0.05, 0.1) is 33.3 Å². The molecular formula is C26H34N2O5. The number of piperidine rings is 1. The number of hydrogen-bond acceptors (Lipinski definition) is 5. The molecule has 0 N–H and O–H groups in total. The second kappa shape index (κ2) is 11.1. The van der Waals surface area contributed by atoms with Crippen molar-refractivity contribution in [1.82, 2.24) is 4.90 Å². The van der Waals surface area contributed by atoms with Gasteiger partial charge in [-0.15, -0.1) is 0 Å². The topological polar surface area (TPSA) is 68.3 Å². The van der Waals surface area contributed by atoms with Crippen LogP contribution in [0.15, 0.2) is 42.5 Å². The summed E-state index contributed by atoms with van der Waals surface area (Å²) in [6.07, 6.45) is 2.77. The molecule has 1 heterocycles. The zero-order valence-electron chi connectivity index (χ0n) is 20.2. The number of benzene rings is 2. The molecule has 0 aromatic heterocycles. The van der Waals surface area contributed by atoms with E-state index in [0.717, 1.165) is 24.1 Å². The number of rotatable bonds is 9. The van der Waals surface area contributed by atoms with Crippen LogP contribution in [0.5, 0.6) is 17.2 Å². The molecule has 0 saturated carbocycles. The third-order valence-corrected chi connectivity index (χ3v) is 6.24. The fourth-order valence-electron chi connectivity index (χ4n) is 4.41. The van der Waals surface area contributed by atoms with Gasteiger partial charge in [0, 0.05) is 25.7 Å². The van der Waals surface area contributed by atoms with Gasteiger partial charge in [-0.3, -0.25) is 9.59 Å². The van der Waals surface area contributed by atoms with E-state index in [0.29, 0.717) is 36.6 Å². The van der Waals surface area contributed by atoms with Crippen LogP contribution in [0.25, 0.3) is 0 Å². The van der Waals surface area contributed by atoms with Crippen LogP contribution >= 0.6 is 0 Å². The minimum atomic E-state index is -0.462. The summed E-state index contributed by atoms with van der Waals surface area (Å²) in [4.78, 5) is 30.3. The van der Waals surface area contributed by atoms with E-state index in [-0.39, 0.29) is 17.7 Å². The molecule has 7 nitrogen and oxygen atoms in total. The van der Waals surface area contributed by atoms with Gasteiger partial charge in [-0.1, -0.05) is 19.4 Å². The minimum absolute atomic E-state index is 0.0137. The average molecular weight is 455 g/mol. The highest BCUT2D eigenvalue weighted by molar-refractivity contribution is 5.97. The van der Waals surface area contributed by atoms with Gasteiger partial charge in [-0.2, -0.15) is 0 Å². The maximum Gasteiger partial charge on any atom is 0.227 e. The average Bonchev–Trinajstić information content (AvgIpc) is 2.86. The summed E-state index contributed by atoms with van der Waals surface area (Å²) in [5.41, 5.74) is 1.56. The van der Waals surface area contributed by atoms with Crippen LogP contribution in [0.1, 0.15) is 44.2 Å². The van der Waals surface area contributed by atoms with Crippen molar-refractivity contribution >= 4 is 17.5 Å². The monoisotopic (exact) mass is 454 g/mol. The molecule has 7 heteroatoms. The molecule has 0 spiro atoms. The predicted octanol–water partition coefficient (Wildman–Crippen LogP) is 4.46. The Hall–Kier alpha value is -3.22. The molecule has 0 aliphatic carbocycles. The van der Waals surface area contributed by atoms with E-state index < -0.39 is 6.04 Å². The molecule has 2 aromatic carbocycles. The predicted molar refractivity (Wildman–Crippen MR) is 128 cm³/mol. The maximum atomic E-state index is 13.6. The van der Waals surface area contributed by atoms with Crippen LogP contribution in [0, 0.1) is 5.92 Å². The van der Waals surface area contributed by atoms with Crippen molar-refractivity contribution in [2.45, 2.75) is 38.6 Å². The molecule has 1 fully saturated rings. The van der Waals surface area contributed by atoms with E-state index in [4.69, 9.17) is 14.2 Å². The van der Waals surface area contributed by atoms with E-state index in [1.165, 1.54) is 0 Å². The van der Waals surface area contributed by atoms with Crippen LogP contribution in [-0.2, 0) is 9.59 Å². The lowest BCUT2D eigenvalue weighted by Gasteiger charge is -2.42. The number of carbonyl (C=O) groups excluding carboxylic acids is 2. The molecular weight excluding hydrogens is 420 g/mol. The Balaban J connectivity index is 2.09. The lowest BCUT2D eigenvalue weighted by atomic mass is 9.82. The molecule has 2 unspecified atom stereocenters. The van der Waals surface area contributed by atoms with Crippen molar-refractivity contribution in [2.24, 2.45) is 5.92 Å². The van der Waals surface area contributed by atoms with Crippen molar-refractivity contribution in [3.8, 4) is 17.2 Å². The normalized spacial score (nSPS) is 18.1. The second-order valence-electron chi connectivity index (χ2n) is 8.28. The van der Waals surface area contributed by atoms with Crippen LogP contribution in [0.2, 0.25) is 0 Å². The summed E-state index contributed by atoms with van der Waals surface area (Å²) in [6, 6.07) is 12.5. The van der Waals surface area contributed by atoms with Gasteiger partial charge in [0.1, 0.15) is 5.75 Å². The van der Waals surface area contributed by atoms with Gasteiger partial charge in [0.15, 0.2) is 11.5 Å². The molecule has 1 saturated heterocycles. The number of unbranched alkanes of at least 4 members (excludes halogenated alkanes) is 1. The molecule has 0 radical (unpaired) electrons. The number of carbonyl (C=O) groups is 2.